The zero-order chi connectivity index (χ0) is 15.4. The Hall–Kier alpha value is -1.99. The van der Waals surface area contributed by atoms with Gasteiger partial charge in [0.15, 0.2) is 0 Å². The van der Waals surface area contributed by atoms with Gasteiger partial charge in [-0.1, -0.05) is 25.3 Å². The van der Waals surface area contributed by atoms with Crippen LogP contribution in [0, 0.1) is 0 Å². The van der Waals surface area contributed by atoms with E-state index in [9.17, 15) is 0 Å². The van der Waals surface area contributed by atoms with Crippen LogP contribution in [0.1, 0.15) is 0 Å². The molecule has 17 heavy (non-hydrogen) atoms. The average molecular weight is 293 g/mol. The van der Waals surface area contributed by atoms with Crippen molar-refractivity contribution in [3.05, 3.63) is 25.3 Å². The average Bonchev–Trinajstić information content (AvgIpc) is 2.51. The van der Waals surface area contributed by atoms with E-state index in [0.717, 1.165) is 0 Å². The molecule has 0 rings (SSSR count). The second-order valence-corrected chi connectivity index (χ2v) is 0.471. The molecule has 0 unspecified atom stereocenters. The second kappa shape index (κ2) is 56200000. The van der Waals surface area contributed by atoms with Gasteiger partial charge in [-0.2, -0.15) is 0 Å². The smallest absolute Gasteiger partial charge is 0.106 e. The van der Waals surface area contributed by atoms with E-state index < -0.39 is 0 Å². The molecule has 6 nitrogen and oxygen atoms in total. The summed E-state index contributed by atoms with van der Waals surface area (Å²) in [5.41, 5.74) is 0. The van der Waals surface area contributed by atoms with E-state index in [4.69, 9.17) is 28.8 Å². The van der Waals surface area contributed by atoms with E-state index in [1.807, 2.05) is 40.7 Å². The number of carbonyl (C=O) groups is 6. The van der Waals surface area contributed by atoms with E-state index >= 15 is 0 Å². The summed E-state index contributed by atoms with van der Waals surface area (Å²) in [5, 5.41) is 0. The third kappa shape index (κ3) is 2050. The Morgan fingerprint density at radius 3 is 0.471 bits per heavy atom. The molecule has 0 aliphatic rings. The molecule has 0 aromatic carbocycles. The molecule has 0 aliphatic heterocycles. The van der Waals surface area contributed by atoms with E-state index in [-0.39, 0.29) is 16.8 Å². The van der Waals surface area contributed by atoms with Gasteiger partial charge in [-0.3, -0.25) is 0 Å². The fourth-order valence-electron chi connectivity index (χ4n) is 0. The van der Waals surface area contributed by atoms with Crippen LogP contribution in [0.2, 0.25) is 0 Å². The topological polar surface area (TPSA) is 102 Å². The summed E-state index contributed by atoms with van der Waals surface area (Å²) in [6.07, 6.45) is 3.28. The van der Waals surface area contributed by atoms with Gasteiger partial charge >= 0.3 is 0 Å². The fourth-order valence-corrected chi connectivity index (χ4v) is 0. The first-order valence-electron chi connectivity index (χ1n) is 2.88. The predicted molar refractivity (Wildman–Crippen MR) is 63.1 cm³/mol. The quantitative estimate of drug-likeness (QED) is 0.642. The first-order chi connectivity index (χ1) is 7.91. The van der Waals surface area contributed by atoms with Crippen molar-refractivity contribution in [1.82, 2.24) is 0 Å². The van der Waals surface area contributed by atoms with Crippen molar-refractivity contribution in [2.75, 3.05) is 0 Å². The minimum atomic E-state index is 0. The fraction of sp³-hybridized carbons (Fsp3) is 0. The van der Waals surface area contributed by atoms with Crippen LogP contribution < -0.4 is 0 Å². The summed E-state index contributed by atoms with van der Waals surface area (Å²) in [6, 6.07) is 0. The summed E-state index contributed by atoms with van der Waals surface area (Å²) in [7, 11) is 0. The summed E-state index contributed by atoms with van der Waals surface area (Å²) in [6.45, 7) is 18.7. The van der Waals surface area contributed by atoms with Crippen molar-refractivity contribution in [2.45, 2.75) is 0 Å². The first-order valence-corrected chi connectivity index (χ1v) is 2.88. The van der Waals surface area contributed by atoms with E-state index in [0.29, 0.717) is 0 Å². The Kier molecular flexibility index (Phi) is 198000000. The maximum Gasteiger partial charge on any atom is 0.106 e. The second-order valence-electron chi connectivity index (χ2n) is 0.471. The van der Waals surface area contributed by atoms with E-state index in [2.05, 4.69) is 13.2 Å². The van der Waals surface area contributed by atoms with Gasteiger partial charge in [0.1, 0.15) is 40.7 Å². The number of rotatable bonds is 1. The van der Waals surface area contributed by atoms with Gasteiger partial charge in [-0.25, -0.2) is 0 Å². The van der Waals surface area contributed by atoms with Crippen molar-refractivity contribution in [2.24, 2.45) is 0 Å². The monoisotopic (exact) mass is 293 g/mol. The van der Waals surface area contributed by atoms with Crippen LogP contribution in [-0.4, -0.2) is 40.7 Å². The predicted octanol–water partition coefficient (Wildman–Crippen LogP) is 0.246. The maximum absolute atomic E-state index is 8.00. The zero-order valence-electron chi connectivity index (χ0n) is 9.59. The molecule has 0 saturated heterocycles. The van der Waals surface area contributed by atoms with Crippen LogP contribution in [0.4, 0.5) is 0 Å². The van der Waals surface area contributed by atoms with Gasteiger partial charge in [-0.05, 0) is 0 Å². The molecule has 0 saturated carbocycles. The number of carbonyl (C=O) groups excluding carboxylic acids is 6. The van der Waals surface area contributed by atoms with Crippen LogP contribution in [0.15, 0.2) is 25.3 Å². The normalized spacial score (nSPS) is 2.59. The van der Waals surface area contributed by atoms with Crippen LogP contribution in [0.25, 0.3) is 0 Å². The molecule has 7 heteroatoms. The summed E-state index contributed by atoms with van der Waals surface area (Å²) < 4.78 is 0. The molecule has 0 aromatic rings. The van der Waals surface area contributed by atoms with Crippen molar-refractivity contribution in [3.8, 4) is 0 Å². The number of hydrogen-bond donors (Lipinski definition) is 0. The third-order valence-corrected chi connectivity index (χ3v) is 0.167. The van der Waals surface area contributed by atoms with Gasteiger partial charge in [0.05, 0.1) is 0 Å². The molecule has 0 fully saturated rings. The molecule has 1 radical (unpaired) electrons. The Labute approximate surface area is 112 Å². The SMILES string of the molecule is C=CC=C.C=O.C=O.C=O.C=O.C=O.C=O.[Co]. The minimum absolute atomic E-state index is 0. The summed E-state index contributed by atoms with van der Waals surface area (Å²) >= 11 is 0. The zero-order valence-corrected chi connectivity index (χ0v) is 10.6. The van der Waals surface area contributed by atoms with Gasteiger partial charge in [0.2, 0.25) is 0 Å². The van der Waals surface area contributed by atoms with Gasteiger partial charge in [-0.15, -0.1) is 0 Å². The number of allylic oxidation sites excluding steroid dienone is 2. The Balaban J connectivity index is -0.00000000946. The largest absolute Gasteiger partial charge is 0.307 e. The van der Waals surface area contributed by atoms with E-state index in [1.165, 1.54) is 0 Å². The first kappa shape index (κ1) is 60.0. The van der Waals surface area contributed by atoms with Crippen molar-refractivity contribution in [3.63, 3.8) is 0 Å². The third-order valence-electron chi connectivity index (χ3n) is 0.167. The standard InChI is InChI=1S/C4H6.6CH2O.Co/c1-3-4-2;6*1-2;/h3-4H,1-2H2;6*1H2;. The molecular formula is C10H18CoO6. The van der Waals surface area contributed by atoms with Crippen LogP contribution in [-0.2, 0) is 45.5 Å². The molecule has 0 atom stereocenters. The minimum Gasteiger partial charge on any atom is -0.307 e. The van der Waals surface area contributed by atoms with Crippen LogP contribution in [0.5, 0.6) is 0 Å². The number of hydrogen-bond acceptors (Lipinski definition) is 6. The molecule has 103 valence electrons. The van der Waals surface area contributed by atoms with Crippen molar-refractivity contribution >= 4 is 40.7 Å². The van der Waals surface area contributed by atoms with Gasteiger partial charge in [0.25, 0.3) is 0 Å². The molecule has 0 spiro atoms. The molecule has 0 aromatic heterocycles. The Morgan fingerprint density at radius 2 is 0.471 bits per heavy atom. The van der Waals surface area contributed by atoms with Gasteiger partial charge < -0.3 is 28.8 Å². The molecule has 0 amide bonds. The summed E-state index contributed by atoms with van der Waals surface area (Å²) in [4.78, 5) is 48.0. The Bertz CT molecular complexity index is 81.3. The molecule has 0 N–H and O–H groups in total. The van der Waals surface area contributed by atoms with Crippen molar-refractivity contribution in [1.29, 1.82) is 0 Å². The van der Waals surface area contributed by atoms with Crippen LogP contribution >= 0.6 is 0 Å². The van der Waals surface area contributed by atoms with Crippen LogP contribution in [0.3, 0.4) is 0 Å². The summed E-state index contributed by atoms with van der Waals surface area (Å²) in [5.74, 6) is 0. The maximum atomic E-state index is 8.00. The van der Waals surface area contributed by atoms with Crippen molar-refractivity contribution < 1.29 is 45.5 Å². The Morgan fingerprint density at radius 1 is 0.412 bits per heavy atom. The molecule has 0 bridgehead atoms. The molecule has 0 heterocycles. The molecular weight excluding hydrogens is 275 g/mol. The molecule has 0 aliphatic carbocycles. The van der Waals surface area contributed by atoms with E-state index in [1.54, 1.807) is 12.2 Å². The van der Waals surface area contributed by atoms with Gasteiger partial charge in [0, 0.05) is 16.8 Å².